The fourth-order valence-corrected chi connectivity index (χ4v) is 3.94. The van der Waals surface area contributed by atoms with E-state index in [0.29, 0.717) is 12.8 Å². The zero-order valence-corrected chi connectivity index (χ0v) is 15.0. The molecule has 0 aliphatic carbocycles. The molecule has 0 N–H and O–H groups in total. The number of hydrogen-bond donors (Lipinski definition) is 0. The fourth-order valence-electron chi connectivity index (χ4n) is 3.94. The number of allylic oxidation sites excluding steroid dienone is 1. The zero-order valence-electron chi connectivity index (χ0n) is 15.0. The molecule has 2 heterocycles. The number of benzene rings is 1. The van der Waals surface area contributed by atoms with Crippen LogP contribution in [0.4, 0.5) is 0 Å². The van der Waals surface area contributed by atoms with E-state index in [1.54, 1.807) is 6.92 Å². The maximum Gasteiger partial charge on any atom is 0.243 e. The van der Waals surface area contributed by atoms with Gasteiger partial charge in [0.2, 0.25) is 5.91 Å². The maximum atomic E-state index is 12.8. The highest BCUT2D eigenvalue weighted by Gasteiger charge is 2.52. The first kappa shape index (κ1) is 16.9. The Bertz CT molecular complexity index is 705. The van der Waals surface area contributed by atoms with Crippen molar-refractivity contribution >= 4 is 17.4 Å². The monoisotopic (exact) mass is 326 g/mol. The summed E-state index contributed by atoms with van der Waals surface area (Å²) in [6.45, 7) is 7.94. The molecule has 1 aromatic carbocycles. The Kier molecular flexibility index (Phi) is 4.35. The van der Waals surface area contributed by atoms with Crippen molar-refractivity contribution in [3.05, 3.63) is 41.5 Å². The summed E-state index contributed by atoms with van der Waals surface area (Å²) in [4.78, 5) is 24.7. The van der Waals surface area contributed by atoms with Gasteiger partial charge in [-0.05, 0) is 32.8 Å². The van der Waals surface area contributed by atoms with Crippen LogP contribution in [-0.4, -0.2) is 27.2 Å². The van der Waals surface area contributed by atoms with Gasteiger partial charge in [0.15, 0.2) is 0 Å². The second-order valence-electron chi connectivity index (χ2n) is 7.43. The lowest BCUT2D eigenvalue weighted by Gasteiger charge is -2.47. The quantitative estimate of drug-likeness (QED) is 0.837. The summed E-state index contributed by atoms with van der Waals surface area (Å²) < 4.78 is 0. The van der Waals surface area contributed by atoms with Crippen LogP contribution in [0.1, 0.15) is 70.5 Å². The molecule has 1 atom stereocenters. The van der Waals surface area contributed by atoms with Crippen molar-refractivity contribution in [2.45, 2.75) is 65.0 Å². The summed E-state index contributed by atoms with van der Waals surface area (Å²) in [5.41, 5.74) is 2.91. The highest BCUT2D eigenvalue weighted by atomic mass is 16.2. The number of fused-ring (bicyclic) bond motifs is 2. The predicted molar refractivity (Wildman–Crippen MR) is 94.7 cm³/mol. The van der Waals surface area contributed by atoms with Crippen molar-refractivity contribution in [3.8, 4) is 0 Å². The van der Waals surface area contributed by atoms with Crippen molar-refractivity contribution in [2.24, 2.45) is 0 Å². The third kappa shape index (κ3) is 2.69. The number of amides is 1. The lowest BCUT2D eigenvalue weighted by molar-refractivity contribution is -0.139. The van der Waals surface area contributed by atoms with Crippen LogP contribution in [0, 0.1) is 0 Å². The van der Waals surface area contributed by atoms with Crippen molar-refractivity contribution in [3.63, 3.8) is 0 Å². The first-order valence-electron chi connectivity index (χ1n) is 8.78. The van der Waals surface area contributed by atoms with Gasteiger partial charge in [0.05, 0.1) is 11.7 Å². The summed E-state index contributed by atoms with van der Waals surface area (Å²) in [6, 6.07) is 8.10. The lowest BCUT2D eigenvalue weighted by Crippen LogP contribution is -2.51. The van der Waals surface area contributed by atoms with Gasteiger partial charge >= 0.3 is 0 Å². The average molecular weight is 326 g/mol. The predicted octanol–water partition coefficient (Wildman–Crippen LogP) is 4.09. The second kappa shape index (κ2) is 6.17. The Balaban J connectivity index is 2.21. The first-order chi connectivity index (χ1) is 11.4. The van der Waals surface area contributed by atoms with Crippen LogP contribution >= 0.6 is 0 Å². The van der Waals surface area contributed by atoms with Gasteiger partial charge in [0, 0.05) is 23.9 Å². The van der Waals surface area contributed by atoms with E-state index >= 15 is 0 Å². The number of hydrogen-bond acceptors (Lipinski definition) is 3. The molecule has 0 saturated carbocycles. The molecule has 1 saturated heterocycles. The number of unbranched alkanes of at least 4 members (excludes halogenated alkanes) is 1. The van der Waals surface area contributed by atoms with Gasteiger partial charge in [-0.3, -0.25) is 9.59 Å². The molecule has 2 aliphatic rings. The zero-order chi connectivity index (χ0) is 17.5. The smallest absolute Gasteiger partial charge is 0.243 e. The van der Waals surface area contributed by atoms with Crippen molar-refractivity contribution < 1.29 is 9.59 Å². The minimum atomic E-state index is -0.296. The Labute approximate surface area is 144 Å². The highest BCUT2D eigenvalue weighted by molar-refractivity contribution is 5.91. The van der Waals surface area contributed by atoms with Gasteiger partial charge in [-0.25, -0.2) is 5.01 Å². The number of carbonyl (C=O) groups is 2. The Morgan fingerprint density at radius 1 is 1.33 bits per heavy atom. The van der Waals surface area contributed by atoms with Crippen molar-refractivity contribution in [1.82, 2.24) is 10.0 Å². The largest absolute Gasteiger partial charge is 0.300 e. The third-order valence-corrected chi connectivity index (χ3v) is 4.88. The van der Waals surface area contributed by atoms with E-state index in [0.717, 1.165) is 29.7 Å². The van der Waals surface area contributed by atoms with E-state index in [1.165, 1.54) is 0 Å². The summed E-state index contributed by atoms with van der Waals surface area (Å²) in [6.07, 6.45) is 5.02. The van der Waals surface area contributed by atoms with Crippen molar-refractivity contribution in [1.29, 1.82) is 0 Å². The van der Waals surface area contributed by atoms with E-state index in [-0.39, 0.29) is 23.3 Å². The van der Waals surface area contributed by atoms with E-state index in [1.807, 2.05) is 17.1 Å². The molecule has 4 nitrogen and oxygen atoms in total. The molecule has 0 unspecified atom stereocenters. The first-order valence-corrected chi connectivity index (χ1v) is 8.78. The molecule has 4 heteroatoms. The SMILES string of the molecule is CCC/C=C1/c2ccccc2[C@H](CC(C)=O)N2N1C(=O)CC2(C)C. The molecule has 24 heavy (non-hydrogen) atoms. The minimum absolute atomic E-state index is 0.0843. The lowest BCUT2D eigenvalue weighted by atomic mass is 9.89. The summed E-state index contributed by atoms with van der Waals surface area (Å²) in [5, 5.41) is 3.98. The highest BCUT2D eigenvalue weighted by Crippen LogP contribution is 2.49. The van der Waals surface area contributed by atoms with E-state index in [2.05, 4.69) is 44.0 Å². The molecule has 0 spiro atoms. The Hall–Kier alpha value is -1.94. The molecule has 1 fully saturated rings. The molecule has 1 aromatic rings. The number of rotatable bonds is 4. The van der Waals surface area contributed by atoms with Crippen LogP contribution in [0.5, 0.6) is 0 Å². The maximum absolute atomic E-state index is 12.8. The fraction of sp³-hybridized carbons (Fsp3) is 0.500. The summed E-state index contributed by atoms with van der Waals surface area (Å²) in [5.74, 6) is 0.260. The standard InChI is InChI=1S/C20H26N2O2/c1-5-6-11-17-15-9-7-8-10-16(15)18(12-14(2)23)22-20(3,4)13-19(24)21(17)22/h7-11,18H,5-6,12-13H2,1-4H3/b17-11-/t18-/m0/s1. The third-order valence-electron chi connectivity index (χ3n) is 4.88. The van der Waals surface area contributed by atoms with Gasteiger partial charge in [-0.15, -0.1) is 0 Å². The molecule has 3 rings (SSSR count). The molecular formula is C20H26N2O2. The second-order valence-corrected chi connectivity index (χ2v) is 7.43. The van der Waals surface area contributed by atoms with Crippen LogP contribution in [0.15, 0.2) is 30.3 Å². The average Bonchev–Trinajstić information content (AvgIpc) is 2.75. The topological polar surface area (TPSA) is 40.6 Å². The molecular weight excluding hydrogens is 300 g/mol. The Morgan fingerprint density at radius 2 is 2.04 bits per heavy atom. The number of nitrogens with zero attached hydrogens (tertiary/aromatic N) is 2. The van der Waals surface area contributed by atoms with Gasteiger partial charge in [-0.1, -0.05) is 43.7 Å². The molecule has 2 aliphatic heterocycles. The molecule has 0 aromatic heterocycles. The molecule has 0 bridgehead atoms. The normalized spacial score (nSPS) is 24.2. The van der Waals surface area contributed by atoms with Crippen LogP contribution in [0.2, 0.25) is 0 Å². The number of hydrazine groups is 1. The summed E-state index contributed by atoms with van der Waals surface area (Å²) in [7, 11) is 0. The summed E-state index contributed by atoms with van der Waals surface area (Å²) >= 11 is 0. The Morgan fingerprint density at radius 3 is 2.71 bits per heavy atom. The van der Waals surface area contributed by atoms with Crippen LogP contribution in [0.3, 0.4) is 0 Å². The van der Waals surface area contributed by atoms with Gasteiger partial charge in [0.1, 0.15) is 5.78 Å². The van der Waals surface area contributed by atoms with Crippen LogP contribution < -0.4 is 0 Å². The molecule has 128 valence electrons. The molecule has 0 radical (unpaired) electrons. The van der Waals surface area contributed by atoms with E-state index in [4.69, 9.17) is 0 Å². The van der Waals surface area contributed by atoms with E-state index in [9.17, 15) is 9.59 Å². The van der Waals surface area contributed by atoms with Gasteiger partial charge < -0.3 is 0 Å². The minimum Gasteiger partial charge on any atom is -0.300 e. The number of ketones is 1. The van der Waals surface area contributed by atoms with Crippen LogP contribution in [0.25, 0.3) is 5.70 Å². The van der Waals surface area contributed by atoms with Gasteiger partial charge in [0.25, 0.3) is 0 Å². The van der Waals surface area contributed by atoms with Crippen LogP contribution in [-0.2, 0) is 9.59 Å². The van der Waals surface area contributed by atoms with Gasteiger partial charge in [-0.2, -0.15) is 5.01 Å². The van der Waals surface area contributed by atoms with Crippen molar-refractivity contribution in [2.75, 3.05) is 0 Å². The van der Waals surface area contributed by atoms with E-state index < -0.39 is 0 Å². The number of carbonyl (C=O) groups excluding carboxylic acids is 2. The number of Topliss-reactive ketones (excluding diaryl/α,β-unsaturated/α-hetero) is 1. The molecule has 1 amide bonds.